The molecule has 0 saturated carbocycles. The van der Waals surface area contributed by atoms with E-state index in [-0.39, 0.29) is 5.91 Å². The Labute approximate surface area is 156 Å². The number of hydrogen-bond donors (Lipinski definition) is 1. The summed E-state index contributed by atoms with van der Waals surface area (Å²) in [6.45, 7) is 3.95. The predicted molar refractivity (Wildman–Crippen MR) is 113 cm³/mol. The van der Waals surface area contributed by atoms with Gasteiger partial charge in [-0.2, -0.15) is 0 Å². The van der Waals surface area contributed by atoms with Gasteiger partial charge in [0, 0.05) is 46.6 Å². The molecule has 136 valence electrons. The van der Waals surface area contributed by atoms with E-state index in [0.29, 0.717) is 5.57 Å². The number of hydrogen-bond acceptors (Lipinski definition) is 3. The predicted octanol–water partition coefficient (Wildman–Crippen LogP) is 3.66. The monoisotopic (exact) mass is 349 g/mol. The average Bonchev–Trinajstić information content (AvgIpc) is 2.65. The molecule has 0 bridgehead atoms. The molecule has 0 aliphatic rings. The van der Waals surface area contributed by atoms with Crippen LogP contribution in [0.1, 0.15) is 11.1 Å². The third-order valence-corrected chi connectivity index (χ3v) is 4.29. The Hall–Kier alpha value is -3.01. The maximum atomic E-state index is 12.6. The lowest BCUT2D eigenvalue weighted by atomic mass is 9.93. The van der Waals surface area contributed by atoms with Gasteiger partial charge in [-0.3, -0.25) is 4.79 Å². The second kappa shape index (κ2) is 8.39. The Kier molecular flexibility index (Phi) is 6.23. The largest absolute Gasteiger partial charge is 0.378 e. The number of nitrogens with one attached hydrogen (secondary N) is 1. The molecule has 4 heteroatoms. The first kappa shape index (κ1) is 19.3. The molecule has 0 atom stereocenters. The summed E-state index contributed by atoms with van der Waals surface area (Å²) in [5.41, 5.74) is 5.44. The average molecular weight is 349 g/mol. The molecule has 0 spiro atoms. The van der Waals surface area contributed by atoms with Crippen molar-refractivity contribution >= 4 is 28.4 Å². The van der Waals surface area contributed by atoms with Crippen molar-refractivity contribution in [1.82, 2.24) is 5.32 Å². The molecule has 0 heterocycles. The molecule has 0 aliphatic heterocycles. The van der Waals surface area contributed by atoms with Crippen molar-refractivity contribution in [2.75, 3.05) is 45.0 Å². The van der Waals surface area contributed by atoms with Gasteiger partial charge in [0.15, 0.2) is 0 Å². The molecule has 0 aliphatic carbocycles. The number of carbonyl (C=O) groups excluding carboxylic acids is 1. The molecule has 2 aromatic carbocycles. The van der Waals surface area contributed by atoms with Crippen molar-refractivity contribution in [3.8, 4) is 0 Å². The topological polar surface area (TPSA) is 35.6 Å². The van der Waals surface area contributed by atoms with Gasteiger partial charge in [0.05, 0.1) is 5.57 Å². The summed E-state index contributed by atoms with van der Waals surface area (Å²) in [4.78, 5) is 16.7. The van der Waals surface area contributed by atoms with Crippen LogP contribution in [-0.4, -0.2) is 41.1 Å². The van der Waals surface area contributed by atoms with Crippen LogP contribution >= 0.6 is 0 Å². The Bertz CT molecular complexity index is 800. The zero-order valence-corrected chi connectivity index (χ0v) is 16.2. The fraction of sp³-hybridized carbons (Fsp3) is 0.227. The van der Waals surface area contributed by atoms with Gasteiger partial charge in [-0.15, -0.1) is 0 Å². The van der Waals surface area contributed by atoms with E-state index in [0.717, 1.165) is 28.1 Å². The first-order chi connectivity index (χ1) is 12.4. The maximum Gasteiger partial charge on any atom is 0.252 e. The Morgan fingerprint density at radius 2 is 1.27 bits per heavy atom. The third kappa shape index (κ3) is 4.14. The standard InChI is InChI=1S/C22H27N3O/c1-7-20(16-8-12-18(13-9-16)24(3)4)21(22(26)23-2)17-10-14-19(15-11-17)25(5)6/h7-15H,1H2,2-6H3,(H,23,26)/b21-20+. The van der Waals surface area contributed by atoms with Crippen LogP contribution in [-0.2, 0) is 4.79 Å². The number of likely N-dealkylation sites (N-methyl/N-ethyl adjacent to an activating group) is 1. The number of benzene rings is 2. The second-order valence-electron chi connectivity index (χ2n) is 6.45. The highest BCUT2D eigenvalue weighted by Gasteiger charge is 2.16. The normalized spacial score (nSPS) is 11.4. The quantitative estimate of drug-likeness (QED) is 0.491. The summed E-state index contributed by atoms with van der Waals surface area (Å²) in [6.07, 6.45) is 1.75. The summed E-state index contributed by atoms with van der Waals surface area (Å²) < 4.78 is 0. The summed E-state index contributed by atoms with van der Waals surface area (Å²) in [7, 11) is 9.63. The number of anilines is 2. The Morgan fingerprint density at radius 3 is 1.62 bits per heavy atom. The van der Waals surface area contributed by atoms with Crippen molar-refractivity contribution in [3.63, 3.8) is 0 Å². The van der Waals surface area contributed by atoms with Crippen LogP contribution in [0, 0.1) is 0 Å². The smallest absolute Gasteiger partial charge is 0.252 e. The zero-order chi connectivity index (χ0) is 19.3. The van der Waals surface area contributed by atoms with Gasteiger partial charge in [-0.1, -0.05) is 36.9 Å². The van der Waals surface area contributed by atoms with Gasteiger partial charge in [0.2, 0.25) is 0 Å². The van der Waals surface area contributed by atoms with Gasteiger partial charge in [0.1, 0.15) is 0 Å². The van der Waals surface area contributed by atoms with Gasteiger partial charge in [-0.05, 0) is 41.0 Å². The maximum absolute atomic E-state index is 12.6. The summed E-state index contributed by atoms with van der Waals surface area (Å²) in [5.74, 6) is -0.130. The molecule has 0 saturated heterocycles. The van der Waals surface area contributed by atoms with Crippen LogP contribution in [0.15, 0.2) is 61.2 Å². The molecule has 26 heavy (non-hydrogen) atoms. The van der Waals surface area contributed by atoms with Crippen LogP contribution in [0.5, 0.6) is 0 Å². The van der Waals surface area contributed by atoms with E-state index in [2.05, 4.69) is 11.9 Å². The molecular weight excluding hydrogens is 322 g/mol. The van der Waals surface area contributed by atoms with Crippen LogP contribution in [0.25, 0.3) is 11.1 Å². The third-order valence-electron chi connectivity index (χ3n) is 4.29. The molecule has 1 amide bonds. The lowest BCUT2D eigenvalue weighted by Gasteiger charge is -2.17. The van der Waals surface area contributed by atoms with E-state index in [4.69, 9.17) is 0 Å². The van der Waals surface area contributed by atoms with Crippen molar-refractivity contribution < 1.29 is 4.79 Å². The minimum atomic E-state index is -0.130. The van der Waals surface area contributed by atoms with E-state index in [1.165, 1.54) is 0 Å². The lowest BCUT2D eigenvalue weighted by molar-refractivity contribution is -0.115. The van der Waals surface area contributed by atoms with E-state index in [1.54, 1.807) is 13.1 Å². The lowest BCUT2D eigenvalue weighted by Crippen LogP contribution is -2.20. The SMILES string of the molecule is C=C/C(=C(\C(=O)NC)c1ccc(N(C)C)cc1)c1ccc(N(C)C)cc1. The van der Waals surface area contributed by atoms with Crippen LogP contribution in [0.3, 0.4) is 0 Å². The van der Waals surface area contributed by atoms with Gasteiger partial charge < -0.3 is 15.1 Å². The number of amides is 1. The number of allylic oxidation sites excluding steroid dienone is 2. The van der Waals surface area contributed by atoms with Crippen molar-refractivity contribution in [2.45, 2.75) is 0 Å². The second-order valence-corrected chi connectivity index (χ2v) is 6.45. The van der Waals surface area contributed by atoms with Gasteiger partial charge >= 0.3 is 0 Å². The highest BCUT2D eigenvalue weighted by molar-refractivity contribution is 6.28. The molecule has 2 rings (SSSR count). The minimum Gasteiger partial charge on any atom is -0.378 e. The molecule has 2 aromatic rings. The van der Waals surface area contributed by atoms with Gasteiger partial charge in [0.25, 0.3) is 5.91 Å². The molecule has 1 N–H and O–H groups in total. The number of carbonyl (C=O) groups is 1. The van der Waals surface area contributed by atoms with E-state index >= 15 is 0 Å². The van der Waals surface area contributed by atoms with Crippen LogP contribution in [0.4, 0.5) is 11.4 Å². The Morgan fingerprint density at radius 1 is 0.846 bits per heavy atom. The summed E-state index contributed by atoms with van der Waals surface area (Å²) in [6, 6.07) is 16.1. The Balaban J connectivity index is 2.60. The van der Waals surface area contributed by atoms with Gasteiger partial charge in [-0.25, -0.2) is 0 Å². The highest BCUT2D eigenvalue weighted by Crippen LogP contribution is 2.30. The van der Waals surface area contributed by atoms with Crippen molar-refractivity contribution in [1.29, 1.82) is 0 Å². The molecule has 4 nitrogen and oxygen atoms in total. The highest BCUT2D eigenvalue weighted by atomic mass is 16.1. The molecule has 0 fully saturated rings. The number of nitrogens with zero attached hydrogens (tertiary/aromatic N) is 2. The molecular formula is C22H27N3O. The minimum absolute atomic E-state index is 0.130. The van der Waals surface area contributed by atoms with Crippen molar-refractivity contribution in [3.05, 3.63) is 72.3 Å². The van der Waals surface area contributed by atoms with Crippen molar-refractivity contribution in [2.24, 2.45) is 0 Å². The zero-order valence-electron chi connectivity index (χ0n) is 16.2. The number of rotatable bonds is 6. The first-order valence-corrected chi connectivity index (χ1v) is 8.53. The van der Waals surface area contributed by atoms with E-state index < -0.39 is 0 Å². The summed E-state index contributed by atoms with van der Waals surface area (Å²) in [5, 5.41) is 2.75. The fourth-order valence-corrected chi connectivity index (χ4v) is 2.76. The van der Waals surface area contributed by atoms with Crippen LogP contribution < -0.4 is 15.1 Å². The summed E-state index contributed by atoms with van der Waals surface area (Å²) >= 11 is 0. The first-order valence-electron chi connectivity index (χ1n) is 8.53. The molecule has 0 aromatic heterocycles. The van der Waals surface area contributed by atoms with E-state index in [1.807, 2.05) is 86.5 Å². The van der Waals surface area contributed by atoms with Crippen LogP contribution in [0.2, 0.25) is 0 Å². The van der Waals surface area contributed by atoms with E-state index in [9.17, 15) is 4.79 Å². The fourth-order valence-electron chi connectivity index (χ4n) is 2.76. The molecule has 0 radical (unpaired) electrons. The molecule has 0 unspecified atom stereocenters.